The largest absolute Gasteiger partial charge is 0.494 e. The van der Waals surface area contributed by atoms with Crippen LogP contribution in [0.4, 0.5) is 0 Å². The summed E-state index contributed by atoms with van der Waals surface area (Å²) in [6.07, 6.45) is 2.78. The number of aryl methyl sites for hydroxylation is 1. The van der Waals surface area contributed by atoms with Crippen molar-refractivity contribution >= 4 is 5.91 Å². The third-order valence-corrected chi connectivity index (χ3v) is 3.39. The number of pyridine rings is 1. The maximum Gasteiger partial charge on any atom is 0.220 e. The average molecular weight is 314 g/mol. The molecule has 0 spiro atoms. The summed E-state index contributed by atoms with van der Waals surface area (Å²) in [6, 6.07) is 11.5. The van der Waals surface area contributed by atoms with Gasteiger partial charge in [0.2, 0.25) is 11.8 Å². The molecule has 0 bridgehead atoms. The molecule has 0 radical (unpaired) electrons. The minimum atomic E-state index is 0.00659. The van der Waals surface area contributed by atoms with Crippen LogP contribution in [-0.2, 0) is 17.8 Å². The molecule has 5 heteroatoms. The van der Waals surface area contributed by atoms with Gasteiger partial charge in [-0.3, -0.25) is 4.79 Å². The standard InChI is InChI=1S/C18H22N2O3/c1-3-23-16-7-5-4-6-15(16)9-10-17(21)19-12-14-8-11-18(22-2)20-13-14/h4-8,11,13H,3,9-10,12H2,1-2H3,(H,19,21). The number of para-hydroxylation sites is 1. The first-order chi connectivity index (χ1) is 11.2. The van der Waals surface area contributed by atoms with E-state index >= 15 is 0 Å². The smallest absolute Gasteiger partial charge is 0.220 e. The minimum Gasteiger partial charge on any atom is -0.494 e. The number of ether oxygens (including phenoxy) is 2. The van der Waals surface area contributed by atoms with Crippen LogP contribution in [0.1, 0.15) is 24.5 Å². The van der Waals surface area contributed by atoms with Gasteiger partial charge in [-0.1, -0.05) is 24.3 Å². The van der Waals surface area contributed by atoms with Crippen molar-refractivity contribution in [3.63, 3.8) is 0 Å². The average Bonchev–Trinajstić information content (AvgIpc) is 2.60. The van der Waals surface area contributed by atoms with Crippen LogP contribution in [-0.4, -0.2) is 24.6 Å². The van der Waals surface area contributed by atoms with Gasteiger partial charge >= 0.3 is 0 Å². The van der Waals surface area contributed by atoms with Crippen molar-refractivity contribution in [2.75, 3.05) is 13.7 Å². The van der Waals surface area contributed by atoms with E-state index in [2.05, 4.69) is 10.3 Å². The molecule has 0 aliphatic heterocycles. The molecule has 2 aromatic rings. The lowest BCUT2D eigenvalue weighted by Crippen LogP contribution is -2.23. The van der Waals surface area contributed by atoms with Gasteiger partial charge in [-0.2, -0.15) is 0 Å². The van der Waals surface area contributed by atoms with E-state index in [9.17, 15) is 4.79 Å². The van der Waals surface area contributed by atoms with Gasteiger partial charge in [0.25, 0.3) is 0 Å². The molecule has 122 valence electrons. The van der Waals surface area contributed by atoms with Gasteiger partial charge in [-0.15, -0.1) is 0 Å². The first kappa shape index (κ1) is 16.8. The molecule has 0 atom stereocenters. The fourth-order valence-corrected chi connectivity index (χ4v) is 2.18. The van der Waals surface area contributed by atoms with Crippen molar-refractivity contribution in [2.45, 2.75) is 26.3 Å². The van der Waals surface area contributed by atoms with Crippen molar-refractivity contribution in [1.29, 1.82) is 0 Å². The van der Waals surface area contributed by atoms with E-state index < -0.39 is 0 Å². The predicted octanol–water partition coefficient (Wildman–Crippen LogP) is 2.74. The van der Waals surface area contributed by atoms with Crippen molar-refractivity contribution in [1.82, 2.24) is 10.3 Å². The topological polar surface area (TPSA) is 60.5 Å². The van der Waals surface area contributed by atoms with Crippen LogP contribution in [0.25, 0.3) is 0 Å². The SMILES string of the molecule is CCOc1ccccc1CCC(=O)NCc1ccc(OC)nc1. The predicted molar refractivity (Wildman–Crippen MR) is 88.6 cm³/mol. The highest BCUT2D eigenvalue weighted by Crippen LogP contribution is 2.19. The van der Waals surface area contributed by atoms with E-state index in [4.69, 9.17) is 9.47 Å². The van der Waals surface area contributed by atoms with Gasteiger partial charge in [0.05, 0.1) is 13.7 Å². The molecule has 1 heterocycles. The Morgan fingerprint density at radius 1 is 1.22 bits per heavy atom. The van der Waals surface area contributed by atoms with Gasteiger partial charge in [-0.25, -0.2) is 4.98 Å². The summed E-state index contributed by atoms with van der Waals surface area (Å²) in [4.78, 5) is 16.1. The summed E-state index contributed by atoms with van der Waals surface area (Å²) in [5.41, 5.74) is 1.99. The Bertz CT molecular complexity index is 626. The number of rotatable bonds is 8. The number of nitrogens with one attached hydrogen (secondary N) is 1. The van der Waals surface area contributed by atoms with Gasteiger partial charge < -0.3 is 14.8 Å². The lowest BCUT2D eigenvalue weighted by molar-refractivity contribution is -0.121. The molecule has 1 aromatic carbocycles. The quantitative estimate of drug-likeness (QED) is 0.814. The van der Waals surface area contributed by atoms with E-state index in [-0.39, 0.29) is 5.91 Å². The molecule has 1 amide bonds. The van der Waals surface area contributed by atoms with Crippen molar-refractivity contribution < 1.29 is 14.3 Å². The Hall–Kier alpha value is -2.56. The molecule has 2 rings (SSSR count). The Labute approximate surface area is 136 Å². The van der Waals surface area contributed by atoms with Crippen molar-refractivity contribution in [2.24, 2.45) is 0 Å². The highest BCUT2D eigenvalue weighted by molar-refractivity contribution is 5.76. The molecule has 5 nitrogen and oxygen atoms in total. The number of carbonyl (C=O) groups excluding carboxylic acids is 1. The molecule has 0 saturated carbocycles. The first-order valence-corrected chi connectivity index (χ1v) is 7.69. The maximum absolute atomic E-state index is 12.0. The zero-order valence-electron chi connectivity index (χ0n) is 13.5. The van der Waals surface area contributed by atoms with Crippen molar-refractivity contribution in [3.8, 4) is 11.6 Å². The second-order valence-electron chi connectivity index (χ2n) is 5.03. The Morgan fingerprint density at radius 3 is 2.74 bits per heavy atom. The van der Waals surface area contributed by atoms with Gasteiger partial charge in [-0.05, 0) is 30.5 Å². The highest BCUT2D eigenvalue weighted by Gasteiger charge is 2.07. The van der Waals surface area contributed by atoms with E-state index in [1.54, 1.807) is 19.4 Å². The number of benzene rings is 1. The lowest BCUT2D eigenvalue weighted by Gasteiger charge is -2.10. The third-order valence-electron chi connectivity index (χ3n) is 3.39. The van der Waals surface area contributed by atoms with Gasteiger partial charge in [0.1, 0.15) is 5.75 Å². The number of aromatic nitrogens is 1. The molecular weight excluding hydrogens is 292 g/mol. The second kappa shape index (κ2) is 8.78. The summed E-state index contributed by atoms with van der Waals surface area (Å²) in [5.74, 6) is 1.42. The van der Waals surface area contributed by atoms with Crippen LogP contribution in [0, 0.1) is 0 Å². The zero-order chi connectivity index (χ0) is 16.5. The number of hydrogen-bond acceptors (Lipinski definition) is 4. The molecule has 1 aromatic heterocycles. The van der Waals surface area contributed by atoms with Crippen LogP contribution in [0.3, 0.4) is 0 Å². The monoisotopic (exact) mass is 314 g/mol. The first-order valence-electron chi connectivity index (χ1n) is 7.69. The summed E-state index contributed by atoms with van der Waals surface area (Å²) < 4.78 is 10.6. The number of nitrogens with zero attached hydrogens (tertiary/aromatic N) is 1. The number of hydrogen-bond donors (Lipinski definition) is 1. The minimum absolute atomic E-state index is 0.00659. The number of carbonyl (C=O) groups is 1. The van der Waals surface area contributed by atoms with Crippen molar-refractivity contribution in [3.05, 3.63) is 53.7 Å². The fraction of sp³-hybridized carbons (Fsp3) is 0.333. The van der Waals surface area contributed by atoms with Crippen LogP contribution < -0.4 is 14.8 Å². The summed E-state index contributed by atoms with van der Waals surface area (Å²) in [5, 5.41) is 2.90. The van der Waals surface area contributed by atoms with Gasteiger partial charge in [0.15, 0.2) is 0 Å². The van der Waals surface area contributed by atoms with Crippen LogP contribution >= 0.6 is 0 Å². The summed E-state index contributed by atoms with van der Waals surface area (Å²) >= 11 is 0. The lowest BCUT2D eigenvalue weighted by atomic mass is 10.1. The maximum atomic E-state index is 12.0. The van der Waals surface area contributed by atoms with Crippen LogP contribution in [0.2, 0.25) is 0 Å². The molecule has 0 unspecified atom stereocenters. The normalized spacial score (nSPS) is 10.2. The summed E-state index contributed by atoms with van der Waals surface area (Å²) in [6.45, 7) is 3.03. The molecule has 23 heavy (non-hydrogen) atoms. The van der Waals surface area contributed by atoms with E-state index in [1.165, 1.54) is 0 Å². The van der Waals surface area contributed by atoms with Crippen LogP contribution in [0.15, 0.2) is 42.6 Å². The third kappa shape index (κ3) is 5.29. The molecule has 0 aliphatic rings. The molecule has 1 N–H and O–H groups in total. The Kier molecular flexibility index (Phi) is 6.41. The molecule has 0 saturated heterocycles. The highest BCUT2D eigenvalue weighted by atomic mass is 16.5. The second-order valence-corrected chi connectivity index (χ2v) is 5.03. The zero-order valence-corrected chi connectivity index (χ0v) is 13.5. The van der Waals surface area contributed by atoms with Crippen LogP contribution in [0.5, 0.6) is 11.6 Å². The summed E-state index contributed by atoms with van der Waals surface area (Å²) in [7, 11) is 1.57. The molecule has 0 fully saturated rings. The number of methoxy groups -OCH3 is 1. The fourth-order valence-electron chi connectivity index (χ4n) is 2.18. The van der Waals surface area contributed by atoms with E-state index in [1.807, 2.05) is 37.3 Å². The number of amides is 1. The Morgan fingerprint density at radius 2 is 2.04 bits per heavy atom. The van der Waals surface area contributed by atoms with E-state index in [0.717, 1.165) is 16.9 Å². The van der Waals surface area contributed by atoms with E-state index in [0.29, 0.717) is 31.9 Å². The van der Waals surface area contributed by atoms with Gasteiger partial charge in [0, 0.05) is 25.2 Å². The molecule has 0 aliphatic carbocycles. The molecular formula is C18H22N2O3. The Balaban J connectivity index is 1.81.